The summed E-state index contributed by atoms with van der Waals surface area (Å²) in [7, 11) is 2.57. The van der Waals surface area contributed by atoms with E-state index in [9.17, 15) is 32.3 Å². The van der Waals surface area contributed by atoms with Gasteiger partial charge in [-0.15, -0.1) is 0 Å². The Morgan fingerprint density at radius 1 is 1.16 bits per heavy atom. The van der Waals surface area contributed by atoms with Crippen molar-refractivity contribution in [3.05, 3.63) is 62.3 Å². The van der Waals surface area contributed by atoms with Gasteiger partial charge in [0.25, 0.3) is 5.56 Å². The molecule has 0 aliphatic rings. The van der Waals surface area contributed by atoms with Crippen LogP contribution < -0.4 is 22.3 Å². The normalized spacial score (nSPS) is 12.6. The summed E-state index contributed by atoms with van der Waals surface area (Å²) in [5.74, 6) is -4.14. The van der Waals surface area contributed by atoms with E-state index in [1.807, 2.05) is 44.2 Å². The van der Waals surface area contributed by atoms with Crippen molar-refractivity contribution in [2.24, 2.45) is 13.0 Å². The molecule has 14 heteroatoms. The average molecular weight is 531 g/mol. The van der Waals surface area contributed by atoms with Crippen molar-refractivity contribution < 1.29 is 37.4 Å². The van der Waals surface area contributed by atoms with Crippen LogP contribution in [-0.2, 0) is 27.9 Å². The minimum absolute atomic E-state index is 0.0857. The number of ether oxygens (including phenoxy) is 1. The number of anilines is 1. The minimum Gasteiger partial charge on any atom is -0.475 e. The van der Waals surface area contributed by atoms with E-state index in [1.54, 1.807) is 0 Å². The Hall–Kier alpha value is -3.94. The highest BCUT2D eigenvalue weighted by Gasteiger charge is 2.38. The maximum atomic E-state index is 12.9. The van der Waals surface area contributed by atoms with Crippen LogP contribution in [0.2, 0.25) is 0 Å². The number of halogens is 3. The van der Waals surface area contributed by atoms with E-state index < -0.39 is 41.2 Å². The number of carbonyl (C=O) groups is 3. The van der Waals surface area contributed by atoms with E-state index in [2.05, 4.69) is 5.32 Å². The number of hydrogen-bond donors (Lipinski definition) is 3. The first-order valence-corrected chi connectivity index (χ1v) is 10.9. The van der Waals surface area contributed by atoms with Gasteiger partial charge in [-0.05, 0) is 11.5 Å². The Labute approximate surface area is 209 Å². The quantitative estimate of drug-likeness (QED) is 0.319. The summed E-state index contributed by atoms with van der Waals surface area (Å²) in [5.41, 5.74) is 5.22. The van der Waals surface area contributed by atoms with Crippen molar-refractivity contribution in [3.63, 3.8) is 0 Å². The second-order valence-corrected chi connectivity index (χ2v) is 7.97. The minimum atomic E-state index is -5.08. The molecule has 0 saturated carbocycles. The van der Waals surface area contributed by atoms with Gasteiger partial charge in [0.1, 0.15) is 17.4 Å². The second-order valence-electron chi connectivity index (χ2n) is 7.97. The molecule has 37 heavy (non-hydrogen) atoms. The molecule has 1 aromatic carbocycles. The first-order valence-electron chi connectivity index (χ1n) is 10.9. The Morgan fingerprint density at radius 2 is 1.70 bits per heavy atom. The zero-order chi connectivity index (χ0) is 28.5. The van der Waals surface area contributed by atoms with Crippen LogP contribution in [-0.4, -0.2) is 57.8 Å². The third kappa shape index (κ3) is 8.31. The maximum Gasteiger partial charge on any atom is 0.490 e. The molecule has 0 aliphatic heterocycles. The number of ketones is 1. The standard InChI is InChI=1S/C21H28N4O5.C2HF3O2/c1-5-13(2)17(20(28)30-4)23-11-15(26)16-18(22)25(21(29)24(3)19(16)27)12-14-9-7-6-8-10-14;3-2(4,5)1(6)7/h6-10,13,17,23H,5,11-12,22H2,1-4H3;(H,6,7). The van der Waals surface area contributed by atoms with E-state index in [0.29, 0.717) is 6.42 Å². The van der Waals surface area contributed by atoms with Gasteiger partial charge in [-0.1, -0.05) is 50.6 Å². The van der Waals surface area contributed by atoms with Crippen LogP contribution >= 0.6 is 0 Å². The lowest BCUT2D eigenvalue weighted by Crippen LogP contribution is -2.47. The molecule has 0 amide bonds. The number of Topliss-reactive ketones (excluding diaryl/α,β-unsaturated/α-hetero) is 1. The molecule has 0 fully saturated rings. The summed E-state index contributed by atoms with van der Waals surface area (Å²) in [5, 5.41) is 9.99. The molecule has 4 N–H and O–H groups in total. The molecule has 1 heterocycles. The Morgan fingerprint density at radius 3 is 2.16 bits per heavy atom. The molecule has 2 aromatic rings. The lowest BCUT2D eigenvalue weighted by Gasteiger charge is -2.22. The highest BCUT2D eigenvalue weighted by Crippen LogP contribution is 2.13. The lowest BCUT2D eigenvalue weighted by molar-refractivity contribution is -0.192. The molecule has 1 aromatic heterocycles. The molecule has 2 atom stereocenters. The van der Waals surface area contributed by atoms with Crippen LogP contribution in [0, 0.1) is 5.92 Å². The smallest absolute Gasteiger partial charge is 0.475 e. The molecule has 0 saturated heterocycles. The van der Waals surface area contributed by atoms with Gasteiger partial charge in [-0.2, -0.15) is 13.2 Å². The van der Waals surface area contributed by atoms with Crippen LogP contribution in [0.4, 0.5) is 19.0 Å². The number of nitrogen functional groups attached to an aromatic ring is 1. The van der Waals surface area contributed by atoms with E-state index in [4.69, 9.17) is 20.4 Å². The van der Waals surface area contributed by atoms with Gasteiger partial charge >= 0.3 is 23.8 Å². The molecule has 0 spiro atoms. The topological polar surface area (TPSA) is 163 Å². The van der Waals surface area contributed by atoms with Crippen LogP contribution in [0.1, 0.15) is 36.2 Å². The molecule has 0 radical (unpaired) electrons. The molecule has 0 aliphatic carbocycles. The fraction of sp³-hybridized carbons (Fsp3) is 0.435. The zero-order valence-corrected chi connectivity index (χ0v) is 20.7. The van der Waals surface area contributed by atoms with Crippen molar-refractivity contribution in [1.29, 1.82) is 0 Å². The zero-order valence-electron chi connectivity index (χ0n) is 20.7. The van der Waals surface area contributed by atoms with Gasteiger partial charge in [0.05, 0.1) is 20.2 Å². The van der Waals surface area contributed by atoms with Crippen LogP contribution in [0.5, 0.6) is 0 Å². The van der Waals surface area contributed by atoms with Crippen molar-refractivity contribution in [2.45, 2.75) is 39.0 Å². The number of carboxylic acids is 1. The number of esters is 1. The van der Waals surface area contributed by atoms with Gasteiger partial charge < -0.3 is 15.6 Å². The van der Waals surface area contributed by atoms with Crippen molar-refractivity contribution >= 4 is 23.5 Å². The second kappa shape index (κ2) is 13.4. The third-order valence-electron chi connectivity index (χ3n) is 5.44. The number of methoxy groups -OCH3 is 1. The number of alkyl halides is 3. The SMILES string of the molecule is CCC(C)C(NCC(=O)c1c(N)n(Cc2ccccc2)c(=O)n(C)c1=O)C(=O)OC.O=C(O)C(F)(F)F. The Kier molecular flexibility index (Phi) is 11.3. The van der Waals surface area contributed by atoms with Gasteiger partial charge in [-0.3, -0.25) is 28.8 Å². The summed E-state index contributed by atoms with van der Waals surface area (Å²) in [6.45, 7) is 3.59. The van der Waals surface area contributed by atoms with Gasteiger partial charge in [0.2, 0.25) is 0 Å². The Balaban J connectivity index is 0.000000856. The fourth-order valence-corrected chi connectivity index (χ4v) is 3.13. The third-order valence-corrected chi connectivity index (χ3v) is 5.44. The summed E-state index contributed by atoms with van der Waals surface area (Å²) >= 11 is 0. The van der Waals surface area contributed by atoms with E-state index >= 15 is 0 Å². The molecule has 204 valence electrons. The van der Waals surface area contributed by atoms with Gasteiger partial charge in [0, 0.05) is 7.05 Å². The number of hydrogen-bond acceptors (Lipinski definition) is 8. The number of nitrogens with one attached hydrogen (secondary N) is 1. The molecule has 11 nitrogen and oxygen atoms in total. The number of carbonyl (C=O) groups excluding carboxylic acids is 2. The molecule has 0 bridgehead atoms. The number of carboxylic acid groups (broad SMARTS) is 1. The first kappa shape index (κ1) is 31.1. The molecule has 2 rings (SSSR count). The van der Waals surface area contributed by atoms with Gasteiger partial charge in [-0.25, -0.2) is 9.59 Å². The number of rotatable bonds is 9. The van der Waals surface area contributed by atoms with E-state index in [-0.39, 0.29) is 30.4 Å². The molecule has 2 unspecified atom stereocenters. The number of nitrogens with zero attached hydrogens (tertiary/aromatic N) is 2. The predicted octanol–water partition coefficient (Wildman–Crippen LogP) is 1.17. The van der Waals surface area contributed by atoms with E-state index in [1.165, 1.54) is 18.7 Å². The summed E-state index contributed by atoms with van der Waals surface area (Å²) < 4.78 is 38.6. The first-order chi connectivity index (χ1) is 17.2. The number of benzene rings is 1. The molecular formula is C23H29F3N4O7. The summed E-state index contributed by atoms with van der Waals surface area (Å²) in [4.78, 5) is 59.0. The maximum absolute atomic E-state index is 12.9. The monoisotopic (exact) mass is 530 g/mol. The van der Waals surface area contributed by atoms with Crippen molar-refractivity contribution in [3.8, 4) is 0 Å². The number of aliphatic carboxylic acids is 1. The van der Waals surface area contributed by atoms with Crippen LogP contribution in [0.25, 0.3) is 0 Å². The summed E-state index contributed by atoms with van der Waals surface area (Å²) in [6.07, 6.45) is -4.40. The van der Waals surface area contributed by atoms with Crippen LogP contribution in [0.15, 0.2) is 39.9 Å². The number of nitrogens with two attached hydrogens (primary N) is 1. The average Bonchev–Trinajstić information content (AvgIpc) is 2.85. The number of aromatic nitrogens is 2. The van der Waals surface area contributed by atoms with Crippen LogP contribution in [0.3, 0.4) is 0 Å². The van der Waals surface area contributed by atoms with E-state index in [0.717, 1.165) is 10.1 Å². The van der Waals surface area contributed by atoms with Crippen molar-refractivity contribution in [1.82, 2.24) is 14.5 Å². The highest BCUT2D eigenvalue weighted by atomic mass is 19.4. The Bertz CT molecular complexity index is 1220. The predicted molar refractivity (Wildman–Crippen MR) is 127 cm³/mol. The van der Waals surface area contributed by atoms with Gasteiger partial charge in [0.15, 0.2) is 5.78 Å². The lowest BCUT2D eigenvalue weighted by atomic mass is 9.99. The van der Waals surface area contributed by atoms with Crippen molar-refractivity contribution in [2.75, 3.05) is 19.4 Å². The highest BCUT2D eigenvalue weighted by molar-refractivity contribution is 6.01. The largest absolute Gasteiger partial charge is 0.490 e. The molecular weight excluding hydrogens is 501 g/mol. The fourth-order valence-electron chi connectivity index (χ4n) is 3.13. The summed E-state index contributed by atoms with van der Waals surface area (Å²) in [6, 6.07) is 8.39.